The molecule has 3 heteroatoms. The van der Waals surface area contributed by atoms with Gasteiger partial charge < -0.3 is 10.2 Å². The van der Waals surface area contributed by atoms with Crippen LogP contribution in [0.15, 0.2) is 0 Å². The normalized spacial score (nSPS) is 8.25. The fourth-order valence-corrected chi connectivity index (χ4v) is 0.400. The zero-order valence-electron chi connectivity index (χ0n) is 5.01. The van der Waals surface area contributed by atoms with E-state index in [0.717, 1.165) is 19.3 Å². The summed E-state index contributed by atoms with van der Waals surface area (Å²) >= 11 is 0. The van der Waals surface area contributed by atoms with Crippen LogP contribution in [0.4, 0.5) is 0 Å². The van der Waals surface area contributed by atoms with Crippen LogP contribution in [0.2, 0.25) is 0 Å². The van der Waals surface area contributed by atoms with E-state index < -0.39 is 0 Å². The van der Waals surface area contributed by atoms with Crippen molar-refractivity contribution in [3.8, 4) is 0 Å². The second-order valence-electron chi connectivity index (χ2n) is 1.51. The van der Waals surface area contributed by atoms with E-state index in [2.05, 4.69) is 0 Å². The van der Waals surface area contributed by atoms with E-state index in [1.807, 2.05) is 0 Å². The minimum Gasteiger partial charge on any atom is -0.396 e. The fourth-order valence-electron chi connectivity index (χ4n) is 0.400. The van der Waals surface area contributed by atoms with Crippen molar-refractivity contribution in [2.24, 2.45) is 0 Å². The van der Waals surface area contributed by atoms with Crippen LogP contribution in [-0.4, -0.2) is 31.8 Å². The molecule has 0 rings (SSSR count). The van der Waals surface area contributed by atoms with Crippen molar-refractivity contribution in [1.29, 1.82) is 0 Å². The average molecular weight is 115 g/mol. The van der Waals surface area contributed by atoms with Gasteiger partial charge in [-0.05, 0) is 19.3 Å². The standard InChI is InChI=1S/C5H12O2.B/c6-4-2-1-3-5-7;/h6-7H,1-5H2;. The fraction of sp³-hybridized carbons (Fsp3) is 1.00. The molecule has 0 atom stereocenters. The molecule has 0 aromatic heterocycles. The lowest BCUT2D eigenvalue weighted by Gasteiger charge is -1.90. The van der Waals surface area contributed by atoms with Gasteiger partial charge in [0.15, 0.2) is 0 Å². The third kappa shape index (κ3) is 9.37. The smallest absolute Gasteiger partial charge is 0.0431 e. The minimum absolute atomic E-state index is 0. The van der Waals surface area contributed by atoms with Crippen LogP contribution in [-0.2, 0) is 0 Å². The third-order valence-corrected chi connectivity index (χ3v) is 0.816. The van der Waals surface area contributed by atoms with Gasteiger partial charge in [0.2, 0.25) is 0 Å². The number of unbranched alkanes of at least 4 members (excludes halogenated alkanes) is 2. The molecule has 0 fully saturated rings. The van der Waals surface area contributed by atoms with Gasteiger partial charge in [0, 0.05) is 21.6 Å². The molecule has 0 amide bonds. The summed E-state index contributed by atoms with van der Waals surface area (Å²) in [5.74, 6) is 0. The van der Waals surface area contributed by atoms with E-state index in [1.165, 1.54) is 0 Å². The SMILES string of the molecule is OCCCCCO.[B]. The molecule has 0 heterocycles. The Morgan fingerprint density at radius 1 is 0.750 bits per heavy atom. The Hall–Kier alpha value is -0.0151. The topological polar surface area (TPSA) is 40.5 Å². The van der Waals surface area contributed by atoms with Gasteiger partial charge in [0.05, 0.1) is 0 Å². The van der Waals surface area contributed by atoms with Crippen molar-refractivity contribution in [3.63, 3.8) is 0 Å². The lowest BCUT2D eigenvalue weighted by Crippen LogP contribution is -1.85. The summed E-state index contributed by atoms with van der Waals surface area (Å²) in [6, 6.07) is 0. The van der Waals surface area contributed by atoms with E-state index in [-0.39, 0.29) is 21.6 Å². The van der Waals surface area contributed by atoms with Crippen LogP contribution in [0.25, 0.3) is 0 Å². The van der Waals surface area contributed by atoms with Gasteiger partial charge in [-0.15, -0.1) is 0 Å². The summed E-state index contributed by atoms with van der Waals surface area (Å²) in [7, 11) is 0. The van der Waals surface area contributed by atoms with Crippen LogP contribution in [0.3, 0.4) is 0 Å². The Balaban J connectivity index is 0. The molecule has 47 valence electrons. The van der Waals surface area contributed by atoms with Crippen LogP contribution in [0.5, 0.6) is 0 Å². The highest BCUT2D eigenvalue weighted by molar-refractivity contribution is 5.75. The number of aliphatic hydroxyl groups excluding tert-OH is 2. The molecule has 0 aromatic rings. The van der Waals surface area contributed by atoms with Crippen molar-refractivity contribution in [3.05, 3.63) is 0 Å². The molecular formula is C5H12BO2. The van der Waals surface area contributed by atoms with E-state index in [9.17, 15) is 0 Å². The highest BCUT2D eigenvalue weighted by atomic mass is 16.3. The maximum Gasteiger partial charge on any atom is 0.0431 e. The molecule has 3 radical (unpaired) electrons. The van der Waals surface area contributed by atoms with Gasteiger partial charge in [0.25, 0.3) is 0 Å². The molecule has 0 saturated carbocycles. The molecule has 2 nitrogen and oxygen atoms in total. The van der Waals surface area contributed by atoms with Gasteiger partial charge in [-0.1, -0.05) is 0 Å². The number of hydrogen-bond donors (Lipinski definition) is 2. The van der Waals surface area contributed by atoms with Crippen molar-refractivity contribution < 1.29 is 10.2 Å². The number of hydrogen-bond acceptors (Lipinski definition) is 2. The molecule has 0 aromatic carbocycles. The van der Waals surface area contributed by atoms with E-state index in [4.69, 9.17) is 10.2 Å². The van der Waals surface area contributed by atoms with Gasteiger partial charge >= 0.3 is 0 Å². The molecule has 0 saturated heterocycles. The monoisotopic (exact) mass is 115 g/mol. The molecule has 0 aliphatic carbocycles. The summed E-state index contributed by atoms with van der Waals surface area (Å²) in [6.45, 7) is 0.500. The summed E-state index contributed by atoms with van der Waals surface area (Å²) in [5.41, 5.74) is 0. The number of rotatable bonds is 4. The Bertz CT molecular complexity index is 29.6. The quantitative estimate of drug-likeness (QED) is 0.392. The zero-order chi connectivity index (χ0) is 5.54. The van der Waals surface area contributed by atoms with Crippen LogP contribution in [0.1, 0.15) is 19.3 Å². The van der Waals surface area contributed by atoms with Crippen molar-refractivity contribution in [2.75, 3.05) is 13.2 Å². The first-order valence-electron chi connectivity index (χ1n) is 2.63. The summed E-state index contributed by atoms with van der Waals surface area (Å²) < 4.78 is 0. The van der Waals surface area contributed by atoms with Crippen LogP contribution < -0.4 is 0 Å². The first-order valence-corrected chi connectivity index (χ1v) is 2.63. The highest BCUT2D eigenvalue weighted by Crippen LogP contribution is 1.90. The van der Waals surface area contributed by atoms with E-state index >= 15 is 0 Å². The predicted octanol–water partition coefficient (Wildman–Crippen LogP) is -0.239. The Morgan fingerprint density at radius 3 is 1.38 bits per heavy atom. The van der Waals surface area contributed by atoms with Crippen molar-refractivity contribution >= 4 is 8.41 Å². The molecule has 0 spiro atoms. The lowest BCUT2D eigenvalue weighted by atomic mass is 10.2. The Kier molecular flexibility index (Phi) is 13.7. The molecule has 2 N–H and O–H groups in total. The maximum atomic E-state index is 8.21. The number of aliphatic hydroxyl groups is 2. The Morgan fingerprint density at radius 2 is 1.12 bits per heavy atom. The lowest BCUT2D eigenvalue weighted by molar-refractivity contribution is 0.257. The second kappa shape index (κ2) is 10.1. The largest absolute Gasteiger partial charge is 0.396 e. The zero-order valence-corrected chi connectivity index (χ0v) is 5.01. The van der Waals surface area contributed by atoms with Crippen molar-refractivity contribution in [2.45, 2.75) is 19.3 Å². The maximum absolute atomic E-state index is 8.21. The summed E-state index contributed by atoms with van der Waals surface area (Å²) in [5, 5.41) is 16.4. The third-order valence-electron chi connectivity index (χ3n) is 0.816. The molecule has 0 aliphatic rings. The Labute approximate surface area is 52.1 Å². The van der Waals surface area contributed by atoms with Gasteiger partial charge in [-0.3, -0.25) is 0 Å². The molecular weight excluding hydrogens is 103 g/mol. The molecule has 0 bridgehead atoms. The highest BCUT2D eigenvalue weighted by Gasteiger charge is 1.81. The van der Waals surface area contributed by atoms with Crippen molar-refractivity contribution in [1.82, 2.24) is 0 Å². The van der Waals surface area contributed by atoms with Gasteiger partial charge in [0.1, 0.15) is 0 Å². The first-order chi connectivity index (χ1) is 3.41. The molecule has 8 heavy (non-hydrogen) atoms. The molecule has 0 unspecified atom stereocenters. The summed E-state index contributed by atoms with van der Waals surface area (Å²) in [6.07, 6.45) is 2.58. The average Bonchev–Trinajstić information content (AvgIpc) is 1.69. The first kappa shape index (κ1) is 10.9. The minimum atomic E-state index is 0. The van der Waals surface area contributed by atoms with E-state index in [1.54, 1.807) is 0 Å². The van der Waals surface area contributed by atoms with Crippen LogP contribution in [0, 0.1) is 0 Å². The second-order valence-corrected chi connectivity index (χ2v) is 1.51. The predicted molar refractivity (Wildman–Crippen MR) is 33.8 cm³/mol. The summed E-state index contributed by atoms with van der Waals surface area (Å²) in [4.78, 5) is 0. The van der Waals surface area contributed by atoms with Gasteiger partial charge in [-0.25, -0.2) is 0 Å². The van der Waals surface area contributed by atoms with Crippen LogP contribution >= 0.6 is 0 Å². The van der Waals surface area contributed by atoms with Gasteiger partial charge in [-0.2, -0.15) is 0 Å². The van der Waals surface area contributed by atoms with E-state index in [0.29, 0.717) is 0 Å². The molecule has 0 aliphatic heterocycles.